The van der Waals surface area contributed by atoms with Gasteiger partial charge in [-0.2, -0.15) is 0 Å². The molecule has 2 aromatic rings. The number of hydrogen-bond donors (Lipinski definition) is 1. The zero-order valence-corrected chi connectivity index (χ0v) is 15.0. The van der Waals surface area contributed by atoms with Crippen LogP contribution in [0, 0.1) is 0 Å². The summed E-state index contributed by atoms with van der Waals surface area (Å²) in [6, 6.07) is 14.3. The maximum Gasteiger partial charge on any atom is 0.220 e. The van der Waals surface area contributed by atoms with E-state index >= 15 is 0 Å². The quantitative estimate of drug-likeness (QED) is 0.825. The molecule has 1 N–H and O–H groups in total. The summed E-state index contributed by atoms with van der Waals surface area (Å²) in [5, 5.41) is 3.13. The van der Waals surface area contributed by atoms with E-state index in [1.807, 2.05) is 30.3 Å². The maximum atomic E-state index is 12.4. The maximum absolute atomic E-state index is 12.4. The van der Waals surface area contributed by atoms with Crippen molar-refractivity contribution in [2.75, 3.05) is 19.6 Å². The first-order valence-corrected chi connectivity index (χ1v) is 9.33. The van der Waals surface area contributed by atoms with E-state index in [0.717, 1.165) is 18.8 Å². The number of piperidine rings is 1. The average Bonchev–Trinajstić information content (AvgIpc) is 3.18. The van der Waals surface area contributed by atoms with E-state index in [1.165, 1.54) is 24.8 Å². The molecule has 134 valence electrons. The topological polar surface area (TPSA) is 45.5 Å². The van der Waals surface area contributed by atoms with E-state index in [0.29, 0.717) is 13.0 Å². The number of likely N-dealkylation sites (tertiary alicyclic amines) is 1. The third kappa shape index (κ3) is 4.95. The second-order valence-electron chi connectivity index (χ2n) is 6.95. The number of benzene rings is 1. The van der Waals surface area contributed by atoms with Crippen molar-refractivity contribution in [2.24, 2.45) is 0 Å². The summed E-state index contributed by atoms with van der Waals surface area (Å²) >= 11 is 0. The molecule has 0 radical (unpaired) electrons. The van der Waals surface area contributed by atoms with E-state index in [1.54, 1.807) is 6.26 Å². The third-order valence-corrected chi connectivity index (χ3v) is 5.06. The van der Waals surface area contributed by atoms with E-state index in [2.05, 4.69) is 29.3 Å². The predicted octanol–water partition coefficient (Wildman–Crippen LogP) is 4.12. The number of furan rings is 1. The number of rotatable bonds is 7. The highest BCUT2D eigenvalue weighted by Crippen LogP contribution is 2.25. The van der Waals surface area contributed by atoms with Crippen molar-refractivity contribution in [1.82, 2.24) is 10.2 Å². The van der Waals surface area contributed by atoms with E-state index in [-0.39, 0.29) is 17.9 Å². The largest absolute Gasteiger partial charge is 0.468 e. The van der Waals surface area contributed by atoms with Gasteiger partial charge in [0.1, 0.15) is 5.76 Å². The molecule has 2 atom stereocenters. The number of carbonyl (C=O) groups is 1. The van der Waals surface area contributed by atoms with Crippen molar-refractivity contribution in [3.63, 3.8) is 0 Å². The third-order valence-electron chi connectivity index (χ3n) is 5.06. The summed E-state index contributed by atoms with van der Waals surface area (Å²) in [4.78, 5) is 14.9. The lowest BCUT2D eigenvalue weighted by atomic mass is 9.97. The van der Waals surface area contributed by atoms with Crippen LogP contribution in [0.4, 0.5) is 0 Å². The van der Waals surface area contributed by atoms with Gasteiger partial charge in [0, 0.05) is 13.0 Å². The van der Waals surface area contributed by atoms with Crippen molar-refractivity contribution < 1.29 is 9.21 Å². The lowest BCUT2D eigenvalue weighted by Crippen LogP contribution is -2.40. The Kier molecular flexibility index (Phi) is 6.29. The minimum Gasteiger partial charge on any atom is -0.468 e. The SMILES string of the molecule is C[C@@H](CC(=O)NC[C@@H](c1ccco1)N1CCCCC1)c1ccccc1. The molecule has 0 bridgehead atoms. The Hall–Kier alpha value is -2.07. The van der Waals surface area contributed by atoms with Crippen LogP contribution in [0.15, 0.2) is 53.1 Å². The Bertz CT molecular complexity index is 633. The van der Waals surface area contributed by atoms with Gasteiger partial charge < -0.3 is 9.73 Å². The molecule has 0 spiro atoms. The van der Waals surface area contributed by atoms with Crippen LogP contribution in [-0.4, -0.2) is 30.4 Å². The van der Waals surface area contributed by atoms with E-state index in [9.17, 15) is 4.79 Å². The summed E-state index contributed by atoms with van der Waals surface area (Å²) < 4.78 is 5.64. The first kappa shape index (κ1) is 17.7. The molecule has 1 fully saturated rings. The second kappa shape index (κ2) is 8.86. The molecule has 4 nitrogen and oxygen atoms in total. The molecule has 3 rings (SSSR count). The van der Waals surface area contributed by atoms with Gasteiger partial charge >= 0.3 is 0 Å². The Labute approximate surface area is 150 Å². The molecule has 4 heteroatoms. The van der Waals surface area contributed by atoms with Crippen molar-refractivity contribution >= 4 is 5.91 Å². The highest BCUT2D eigenvalue weighted by molar-refractivity contribution is 5.76. The number of carbonyl (C=O) groups excluding carboxylic acids is 1. The predicted molar refractivity (Wildman–Crippen MR) is 99.4 cm³/mol. The Morgan fingerprint density at radius 1 is 1.12 bits per heavy atom. The molecular weight excluding hydrogens is 312 g/mol. The molecule has 0 aliphatic carbocycles. The normalized spacial score (nSPS) is 17.8. The lowest BCUT2D eigenvalue weighted by Gasteiger charge is -2.33. The highest BCUT2D eigenvalue weighted by Gasteiger charge is 2.25. The summed E-state index contributed by atoms with van der Waals surface area (Å²) in [5.74, 6) is 1.27. The fourth-order valence-corrected chi connectivity index (χ4v) is 3.58. The van der Waals surface area contributed by atoms with Gasteiger partial charge in [0.25, 0.3) is 0 Å². The molecule has 1 aliphatic heterocycles. The highest BCUT2D eigenvalue weighted by atomic mass is 16.3. The van der Waals surface area contributed by atoms with Crippen LogP contribution >= 0.6 is 0 Å². The average molecular weight is 340 g/mol. The fraction of sp³-hybridized carbons (Fsp3) is 0.476. The molecule has 1 amide bonds. The first-order valence-electron chi connectivity index (χ1n) is 9.33. The molecule has 0 saturated carbocycles. The molecule has 1 aromatic carbocycles. The molecule has 1 aromatic heterocycles. The van der Waals surface area contributed by atoms with Crippen LogP contribution in [0.2, 0.25) is 0 Å². The number of hydrogen-bond acceptors (Lipinski definition) is 3. The van der Waals surface area contributed by atoms with Gasteiger partial charge in [-0.3, -0.25) is 9.69 Å². The van der Waals surface area contributed by atoms with Crippen molar-refractivity contribution in [1.29, 1.82) is 0 Å². The van der Waals surface area contributed by atoms with Crippen molar-refractivity contribution in [2.45, 2.75) is 44.6 Å². The van der Waals surface area contributed by atoms with Crippen LogP contribution in [-0.2, 0) is 4.79 Å². The van der Waals surface area contributed by atoms with Gasteiger partial charge in [0.05, 0.1) is 12.3 Å². The molecule has 2 heterocycles. The van der Waals surface area contributed by atoms with E-state index in [4.69, 9.17) is 4.42 Å². The number of nitrogens with zero attached hydrogens (tertiary/aromatic N) is 1. The van der Waals surface area contributed by atoms with Crippen molar-refractivity contribution in [3.8, 4) is 0 Å². The summed E-state index contributed by atoms with van der Waals surface area (Å²) in [5.41, 5.74) is 1.20. The zero-order chi connectivity index (χ0) is 17.5. The van der Waals surface area contributed by atoms with Gasteiger partial charge in [-0.05, 0) is 49.5 Å². The minimum absolute atomic E-state index is 0.102. The number of amides is 1. The second-order valence-corrected chi connectivity index (χ2v) is 6.95. The van der Waals surface area contributed by atoms with Gasteiger partial charge in [-0.25, -0.2) is 0 Å². The Morgan fingerprint density at radius 3 is 2.56 bits per heavy atom. The van der Waals surface area contributed by atoms with Gasteiger partial charge in [-0.15, -0.1) is 0 Å². The standard InChI is InChI=1S/C21H28N2O2/c1-17(18-9-4-2-5-10-18)15-21(24)22-16-19(20-11-8-14-25-20)23-12-6-3-7-13-23/h2,4-5,8-11,14,17,19H,3,6-7,12-13,15-16H2,1H3,(H,22,24)/t17-,19-/m0/s1. The fourth-order valence-electron chi connectivity index (χ4n) is 3.58. The Morgan fingerprint density at radius 2 is 1.88 bits per heavy atom. The molecule has 1 saturated heterocycles. The molecule has 25 heavy (non-hydrogen) atoms. The van der Waals surface area contributed by atoms with Crippen molar-refractivity contribution in [3.05, 3.63) is 60.1 Å². The van der Waals surface area contributed by atoms with Gasteiger partial charge in [0.2, 0.25) is 5.91 Å². The zero-order valence-electron chi connectivity index (χ0n) is 15.0. The monoisotopic (exact) mass is 340 g/mol. The molecular formula is C21H28N2O2. The summed E-state index contributed by atoms with van der Waals surface area (Å²) in [6.45, 7) is 4.85. The van der Waals surface area contributed by atoms with Crippen LogP contribution in [0.1, 0.15) is 55.9 Å². The minimum atomic E-state index is 0.102. The van der Waals surface area contributed by atoms with Gasteiger partial charge in [0.15, 0.2) is 0 Å². The van der Waals surface area contributed by atoms with E-state index < -0.39 is 0 Å². The first-order chi connectivity index (χ1) is 12.2. The van der Waals surface area contributed by atoms with Crippen LogP contribution in [0.5, 0.6) is 0 Å². The number of nitrogens with one attached hydrogen (secondary N) is 1. The van der Waals surface area contributed by atoms with Crippen LogP contribution < -0.4 is 5.32 Å². The summed E-state index contributed by atoms with van der Waals surface area (Å²) in [6.07, 6.45) is 5.95. The summed E-state index contributed by atoms with van der Waals surface area (Å²) in [7, 11) is 0. The lowest BCUT2D eigenvalue weighted by molar-refractivity contribution is -0.121. The Balaban J connectivity index is 1.56. The van der Waals surface area contributed by atoms with Crippen LogP contribution in [0.25, 0.3) is 0 Å². The molecule has 0 unspecified atom stereocenters. The van der Waals surface area contributed by atoms with Crippen LogP contribution in [0.3, 0.4) is 0 Å². The van der Waals surface area contributed by atoms with Gasteiger partial charge in [-0.1, -0.05) is 43.7 Å². The smallest absolute Gasteiger partial charge is 0.220 e. The molecule has 1 aliphatic rings.